The number of amides is 1. The van der Waals surface area contributed by atoms with Gasteiger partial charge < -0.3 is 9.73 Å². The molecule has 3 N–H and O–H groups in total. The summed E-state index contributed by atoms with van der Waals surface area (Å²) < 4.78 is 5.64. The van der Waals surface area contributed by atoms with Gasteiger partial charge in [-0.25, -0.2) is 0 Å². The SMILES string of the molecule is Cc1c(C(=O)NNC(=S)N[C@H]2CCCC[C@H]2C)oc2ccccc12. The molecule has 0 radical (unpaired) electrons. The third kappa shape index (κ3) is 3.53. The van der Waals surface area contributed by atoms with E-state index >= 15 is 0 Å². The molecule has 1 aromatic heterocycles. The smallest absolute Gasteiger partial charge is 0.305 e. The molecular weight excluding hydrogens is 322 g/mol. The fourth-order valence-electron chi connectivity index (χ4n) is 3.30. The van der Waals surface area contributed by atoms with Crippen LogP contribution in [-0.4, -0.2) is 17.1 Å². The predicted molar refractivity (Wildman–Crippen MR) is 98.7 cm³/mol. The number of benzene rings is 1. The van der Waals surface area contributed by atoms with Gasteiger partial charge in [0.1, 0.15) is 5.58 Å². The van der Waals surface area contributed by atoms with Gasteiger partial charge in [-0.15, -0.1) is 0 Å². The first-order valence-corrected chi connectivity index (χ1v) is 8.82. The van der Waals surface area contributed by atoms with Crippen LogP contribution in [-0.2, 0) is 0 Å². The normalized spacial score (nSPS) is 20.6. The molecule has 128 valence electrons. The Kier molecular flexibility index (Phi) is 5.04. The number of rotatable bonds is 2. The minimum absolute atomic E-state index is 0.303. The first-order valence-electron chi connectivity index (χ1n) is 8.41. The summed E-state index contributed by atoms with van der Waals surface area (Å²) in [6.07, 6.45) is 4.82. The molecule has 24 heavy (non-hydrogen) atoms. The Morgan fingerprint density at radius 3 is 2.71 bits per heavy atom. The van der Waals surface area contributed by atoms with Crippen LogP contribution >= 0.6 is 12.2 Å². The average Bonchev–Trinajstić information content (AvgIpc) is 2.92. The molecule has 5 nitrogen and oxygen atoms in total. The topological polar surface area (TPSA) is 66.3 Å². The molecule has 1 aromatic carbocycles. The minimum Gasteiger partial charge on any atom is -0.451 e. The van der Waals surface area contributed by atoms with E-state index in [2.05, 4.69) is 23.1 Å². The van der Waals surface area contributed by atoms with Crippen molar-refractivity contribution in [3.8, 4) is 0 Å². The van der Waals surface area contributed by atoms with Crippen LogP contribution in [0.25, 0.3) is 11.0 Å². The third-order valence-corrected chi connectivity index (χ3v) is 4.99. The van der Waals surface area contributed by atoms with Gasteiger partial charge in [-0.1, -0.05) is 38.0 Å². The van der Waals surface area contributed by atoms with Gasteiger partial charge >= 0.3 is 5.91 Å². The molecule has 0 bridgehead atoms. The van der Waals surface area contributed by atoms with Crippen LogP contribution < -0.4 is 16.2 Å². The molecule has 1 fully saturated rings. The Morgan fingerprint density at radius 1 is 1.21 bits per heavy atom. The quantitative estimate of drug-likeness (QED) is 0.575. The molecule has 0 aliphatic heterocycles. The summed E-state index contributed by atoms with van der Waals surface area (Å²) in [6, 6.07) is 7.96. The fraction of sp³-hybridized carbons (Fsp3) is 0.444. The number of hydrogen-bond acceptors (Lipinski definition) is 3. The van der Waals surface area contributed by atoms with Gasteiger partial charge in [-0.2, -0.15) is 0 Å². The number of carbonyl (C=O) groups is 1. The fourth-order valence-corrected chi connectivity index (χ4v) is 3.50. The van der Waals surface area contributed by atoms with Crippen LogP contribution in [0, 0.1) is 12.8 Å². The number of nitrogens with one attached hydrogen (secondary N) is 3. The van der Waals surface area contributed by atoms with Crippen LogP contribution in [0.5, 0.6) is 0 Å². The van der Waals surface area contributed by atoms with E-state index in [0.29, 0.717) is 28.4 Å². The van der Waals surface area contributed by atoms with Crippen molar-refractivity contribution in [1.82, 2.24) is 16.2 Å². The summed E-state index contributed by atoms with van der Waals surface area (Å²) in [6.45, 7) is 4.11. The Balaban J connectivity index is 1.58. The summed E-state index contributed by atoms with van der Waals surface area (Å²) in [5.74, 6) is 0.564. The van der Waals surface area contributed by atoms with Gasteiger partial charge in [-0.05, 0) is 44.0 Å². The van der Waals surface area contributed by atoms with E-state index in [0.717, 1.165) is 17.4 Å². The standard InChI is InChI=1S/C18H23N3O2S/c1-11-7-3-5-9-14(11)19-18(24)21-20-17(22)16-12(2)13-8-4-6-10-15(13)23-16/h4,6,8,10-11,14H,3,5,7,9H2,1-2H3,(H,20,22)(H2,19,21,24)/t11-,14+/m1/s1. The zero-order chi connectivity index (χ0) is 17.1. The van der Waals surface area contributed by atoms with Crippen molar-refractivity contribution in [3.63, 3.8) is 0 Å². The number of hydrogen-bond donors (Lipinski definition) is 3. The van der Waals surface area contributed by atoms with Crippen molar-refractivity contribution in [2.24, 2.45) is 5.92 Å². The molecule has 2 atom stereocenters. The Bertz CT molecular complexity index is 756. The molecule has 2 aromatic rings. The molecular formula is C18H23N3O2S. The zero-order valence-corrected chi connectivity index (χ0v) is 14.8. The van der Waals surface area contributed by atoms with Crippen molar-refractivity contribution < 1.29 is 9.21 Å². The number of thiocarbonyl (C=S) groups is 1. The second-order valence-corrected chi connectivity index (χ2v) is 6.88. The zero-order valence-electron chi connectivity index (χ0n) is 14.0. The van der Waals surface area contributed by atoms with Crippen molar-refractivity contribution in [1.29, 1.82) is 0 Å². The van der Waals surface area contributed by atoms with Gasteiger partial charge in [0, 0.05) is 17.0 Å². The first kappa shape index (κ1) is 16.8. The molecule has 1 amide bonds. The highest BCUT2D eigenvalue weighted by molar-refractivity contribution is 7.80. The van der Waals surface area contributed by atoms with Crippen LogP contribution in [0.4, 0.5) is 0 Å². The van der Waals surface area contributed by atoms with Gasteiger partial charge in [-0.3, -0.25) is 15.6 Å². The van der Waals surface area contributed by atoms with E-state index in [4.69, 9.17) is 16.6 Å². The van der Waals surface area contributed by atoms with Crippen molar-refractivity contribution in [2.45, 2.75) is 45.6 Å². The molecule has 1 aliphatic rings. The summed E-state index contributed by atoms with van der Waals surface area (Å²) in [5.41, 5.74) is 6.93. The van der Waals surface area contributed by atoms with Crippen LogP contribution in [0.1, 0.15) is 48.7 Å². The number of hydrazine groups is 1. The lowest BCUT2D eigenvalue weighted by Crippen LogP contribution is -2.51. The van der Waals surface area contributed by atoms with Crippen LogP contribution in [0.3, 0.4) is 0 Å². The highest BCUT2D eigenvalue weighted by Crippen LogP contribution is 2.25. The second kappa shape index (κ2) is 7.21. The number of aryl methyl sites for hydroxylation is 1. The molecule has 1 aliphatic carbocycles. The highest BCUT2D eigenvalue weighted by Gasteiger charge is 2.22. The van der Waals surface area contributed by atoms with E-state index in [1.165, 1.54) is 19.3 Å². The lowest BCUT2D eigenvalue weighted by atomic mass is 9.86. The molecule has 1 saturated carbocycles. The third-order valence-electron chi connectivity index (χ3n) is 4.77. The summed E-state index contributed by atoms with van der Waals surface area (Å²) in [5, 5.41) is 4.68. The second-order valence-electron chi connectivity index (χ2n) is 6.47. The summed E-state index contributed by atoms with van der Waals surface area (Å²) >= 11 is 5.29. The number of carbonyl (C=O) groups excluding carboxylic acids is 1. The van der Waals surface area contributed by atoms with E-state index in [9.17, 15) is 4.79 Å². The Hall–Kier alpha value is -2.08. The van der Waals surface area contributed by atoms with Gasteiger partial charge in [0.25, 0.3) is 0 Å². The maximum atomic E-state index is 12.3. The largest absolute Gasteiger partial charge is 0.451 e. The Morgan fingerprint density at radius 2 is 1.96 bits per heavy atom. The van der Waals surface area contributed by atoms with E-state index in [1.54, 1.807) is 0 Å². The molecule has 0 saturated heterocycles. The lowest BCUT2D eigenvalue weighted by Gasteiger charge is -2.30. The van der Waals surface area contributed by atoms with Crippen molar-refractivity contribution in [2.75, 3.05) is 0 Å². The summed E-state index contributed by atoms with van der Waals surface area (Å²) in [4.78, 5) is 12.3. The van der Waals surface area contributed by atoms with Gasteiger partial charge in [0.15, 0.2) is 10.9 Å². The van der Waals surface area contributed by atoms with Gasteiger partial charge in [0.05, 0.1) is 0 Å². The first-order chi connectivity index (χ1) is 11.6. The number of para-hydroxylation sites is 1. The molecule has 0 spiro atoms. The minimum atomic E-state index is -0.329. The Labute approximate surface area is 147 Å². The number of furan rings is 1. The van der Waals surface area contributed by atoms with E-state index < -0.39 is 0 Å². The lowest BCUT2D eigenvalue weighted by molar-refractivity contribution is 0.0916. The van der Waals surface area contributed by atoms with E-state index in [-0.39, 0.29) is 5.91 Å². The highest BCUT2D eigenvalue weighted by atomic mass is 32.1. The average molecular weight is 345 g/mol. The monoisotopic (exact) mass is 345 g/mol. The molecule has 3 rings (SSSR count). The van der Waals surface area contributed by atoms with Crippen molar-refractivity contribution >= 4 is 34.2 Å². The van der Waals surface area contributed by atoms with Crippen molar-refractivity contribution in [3.05, 3.63) is 35.6 Å². The molecule has 1 heterocycles. The predicted octanol–water partition coefficient (Wildman–Crippen LogP) is 3.43. The molecule has 6 heteroatoms. The maximum absolute atomic E-state index is 12.3. The molecule has 0 unspecified atom stereocenters. The van der Waals surface area contributed by atoms with Crippen LogP contribution in [0.2, 0.25) is 0 Å². The number of fused-ring (bicyclic) bond motifs is 1. The van der Waals surface area contributed by atoms with Gasteiger partial charge in [0.2, 0.25) is 0 Å². The maximum Gasteiger partial charge on any atom is 0.305 e. The van der Waals surface area contributed by atoms with E-state index in [1.807, 2.05) is 31.2 Å². The van der Waals surface area contributed by atoms with Crippen LogP contribution in [0.15, 0.2) is 28.7 Å². The summed E-state index contributed by atoms with van der Waals surface area (Å²) in [7, 11) is 0.